The molecule has 0 amide bonds. The molecule has 1 aliphatic rings. The lowest BCUT2D eigenvalue weighted by Crippen LogP contribution is -2.37. The molecule has 2 N–H and O–H groups in total. The predicted octanol–water partition coefficient (Wildman–Crippen LogP) is 1.52. The van der Waals surface area contributed by atoms with Crippen LogP contribution >= 0.6 is 0 Å². The van der Waals surface area contributed by atoms with Gasteiger partial charge in [-0.3, -0.25) is 0 Å². The number of aliphatic hydroxyl groups is 1. The number of carboxylic acid groups (broad SMARTS) is 1. The lowest BCUT2D eigenvalue weighted by molar-refractivity contribution is 0.0690. The van der Waals surface area contributed by atoms with E-state index in [2.05, 4.69) is 9.88 Å². The van der Waals surface area contributed by atoms with Gasteiger partial charge in [0.05, 0.1) is 12.6 Å². The number of rotatable bonds is 3. The van der Waals surface area contributed by atoms with E-state index in [0.29, 0.717) is 0 Å². The molecule has 18 heavy (non-hydrogen) atoms. The van der Waals surface area contributed by atoms with Crippen molar-refractivity contribution in [3.8, 4) is 0 Å². The van der Waals surface area contributed by atoms with Crippen molar-refractivity contribution in [1.29, 1.82) is 0 Å². The average molecular weight is 250 g/mol. The van der Waals surface area contributed by atoms with Gasteiger partial charge in [-0.05, 0) is 25.0 Å². The molecule has 98 valence electrons. The molecule has 1 atom stereocenters. The third-order valence-corrected chi connectivity index (χ3v) is 3.38. The molecule has 1 saturated heterocycles. The van der Waals surface area contributed by atoms with Crippen LogP contribution in [-0.4, -0.2) is 40.4 Å². The topological polar surface area (TPSA) is 73.7 Å². The number of carboxylic acids is 1. The normalized spacial score (nSPS) is 20.5. The van der Waals surface area contributed by atoms with Crippen LogP contribution in [0.3, 0.4) is 0 Å². The summed E-state index contributed by atoms with van der Waals surface area (Å²) in [6.45, 7) is 0.957. The molecule has 0 aromatic carbocycles. The number of aromatic carboxylic acids is 1. The molecule has 0 radical (unpaired) electrons. The Hall–Kier alpha value is -1.62. The minimum absolute atomic E-state index is 0.0495. The van der Waals surface area contributed by atoms with Crippen molar-refractivity contribution in [2.75, 3.05) is 18.1 Å². The lowest BCUT2D eigenvalue weighted by atomic mass is 10.1. The smallest absolute Gasteiger partial charge is 0.354 e. The molecule has 1 aliphatic heterocycles. The molecule has 0 saturated carbocycles. The molecule has 5 nitrogen and oxygen atoms in total. The molecule has 2 heterocycles. The minimum Gasteiger partial charge on any atom is -0.477 e. The summed E-state index contributed by atoms with van der Waals surface area (Å²) < 4.78 is 0. The Balaban J connectivity index is 2.26. The van der Waals surface area contributed by atoms with Crippen LogP contribution < -0.4 is 4.90 Å². The van der Waals surface area contributed by atoms with E-state index in [4.69, 9.17) is 5.11 Å². The van der Waals surface area contributed by atoms with Crippen LogP contribution in [0.4, 0.5) is 5.69 Å². The summed E-state index contributed by atoms with van der Waals surface area (Å²) in [6, 6.07) is 3.47. The van der Waals surface area contributed by atoms with E-state index < -0.39 is 5.97 Å². The number of pyridine rings is 1. The zero-order valence-electron chi connectivity index (χ0n) is 10.2. The SMILES string of the molecule is O=C(O)c1cc(N2CCCCCC2CO)ccn1. The molecule has 2 rings (SSSR count). The molecular weight excluding hydrogens is 232 g/mol. The Labute approximate surface area is 106 Å². The molecule has 0 aliphatic carbocycles. The Kier molecular flexibility index (Phi) is 4.15. The molecule has 0 spiro atoms. The summed E-state index contributed by atoms with van der Waals surface area (Å²) in [6.07, 6.45) is 5.79. The summed E-state index contributed by atoms with van der Waals surface area (Å²) >= 11 is 0. The lowest BCUT2D eigenvalue weighted by Gasteiger charge is -2.30. The fraction of sp³-hybridized carbons (Fsp3) is 0.538. The Bertz CT molecular complexity index is 422. The molecule has 1 aromatic heterocycles. The van der Waals surface area contributed by atoms with Crippen molar-refractivity contribution in [3.63, 3.8) is 0 Å². The average Bonchev–Trinajstić information content (AvgIpc) is 2.63. The number of hydrogen-bond donors (Lipinski definition) is 2. The maximum atomic E-state index is 10.9. The number of aromatic nitrogens is 1. The highest BCUT2D eigenvalue weighted by atomic mass is 16.4. The Morgan fingerprint density at radius 2 is 2.28 bits per heavy atom. The van der Waals surface area contributed by atoms with E-state index >= 15 is 0 Å². The molecule has 1 fully saturated rings. The van der Waals surface area contributed by atoms with Gasteiger partial charge >= 0.3 is 5.97 Å². The van der Waals surface area contributed by atoms with Crippen molar-refractivity contribution >= 4 is 11.7 Å². The largest absolute Gasteiger partial charge is 0.477 e. The maximum Gasteiger partial charge on any atom is 0.354 e. The number of aliphatic hydroxyl groups excluding tert-OH is 1. The summed E-state index contributed by atoms with van der Waals surface area (Å²) in [5.74, 6) is -1.02. The zero-order chi connectivity index (χ0) is 13.0. The first-order chi connectivity index (χ1) is 8.72. The van der Waals surface area contributed by atoms with Gasteiger partial charge in [0.25, 0.3) is 0 Å². The maximum absolute atomic E-state index is 10.9. The van der Waals surface area contributed by atoms with Gasteiger partial charge in [-0.2, -0.15) is 0 Å². The third kappa shape index (κ3) is 2.79. The standard InChI is InChI=1S/C13H18N2O3/c16-9-11-4-2-1-3-7-15(11)10-5-6-14-12(8-10)13(17)18/h5-6,8,11,16H,1-4,7,9H2,(H,17,18). The number of nitrogens with zero attached hydrogens (tertiary/aromatic N) is 2. The second kappa shape index (κ2) is 5.82. The van der Waals surface area contributed by atoms with Crippen molar-refractivity contribution in [3.05, 3.63) is 24.0 Å². The second-order valence-corrected chi connectivity index (χ2v) is 4.58. The zero-order valence-corrected chi connectivity index (χ0v) is 10.2. The van der Waals surface area contributed by atoms with E-state index in [9.17, 15) is 9.90 Å². The first kappa shape index (κ1) is 12.8. The quantitative estimate of drug-likeness (QED) is 0.850. The highest BCUT2D eigenvalue weighted by Crippen LogP contribution is 2.24. The van der Waals surface area contributed by atoms with Crippen LogP contribution in [0.15, 0.2) is 18.3 Å². The van der Waals surface area contributed by atoms with E-state index in [-0.39, 0.29) is 18.3 Å². The number of hydrogen-bond acceptors (Lipinski definition) is 4. The summed E-state index contributed by atoms with van der Waals surface area (Å²) in [5, 5.41) is 18.4. The van der Waals surface area contributed by atoms with Gasteiger partial charge in [0.2, 0.25) is 0 Å². The molecule has 0 bridgehead atoms. The third-order valence-electron chi connectivity index (χ3n) is 3.38. The monoisotopic (exact) mass is 250 g/mol. The van der Waals surface area contributed by atoms with Gasteiger partial charge in [-0.25, -0.2) is 9.78 Å². The van der Waals surface area contributed by atoms with Gasteiger partial charge < -0.3 is 15.1 Å². The van der Waals surface area contributed by atoms with E-state index in [1.54, 1.807) is 12.1 Å². The Morgan fingerprint density at radius 3 is 3.00 bits per heavy atom. The number of anilines is 1. The first-order valence-electron chi connectivity index (χ1n) is 6.29. The van der Waals surface area contributed by atoms with Gasteiger partial charge in [-0.1, -0.05) is 12.8 Å². The highest BCUT2D eigenvalue weighted by molar-refractivity contribution is 5.86. The fourth-order valence-electron chi connectivity index (χ4n) is 2.42. The van der Waals surface area contributed by atoms with Crippen LogP contribution in [0.2, 0.25) is 0 Å². The van der Waals surface area contributed by atoms with Gasteiger partial charge in [0, 0.05) is 18.4 Å². The molecular formula is C13H18N2O3. The van der Waals surface area contributed by atoms with Gasteiger partial charge in [0.15, 0.2) is 0 Å². The molecule has 1 unspecified atom stereocenters. The predicted molar refractivity (Wildman–Crippen MR) is 67.9 cm³/mol. The summed E-state index contributed by atoms with van der Waals surface area (Å²) in [7, 11) is 0. The van der Waals surface area contributed by atoms with Crippen LogP contribution in [0, 0.1) is 0 Å². The summed E-state index contributed by atoms with van der Waals surface area (Å²) in [4.78, 5) is 16.8. The van der Waals surface area contributed by atoms with Crippen LogP contribution in [0.5, 0.6) is 0 Å². The molecule has 1 aromatic rings. The first-order valence-corrected chi connectivity index (χ1v) is 6.29. The van der Waals surface area contributed by atoms with Crippen LogP contribution in [0.25, 0.3) is 0 Å². The van der Waals surface area contributed by atoms with Crippen molar-refractivity contribution < 1.29 is 15.0 Å². The van der Waals surface area contributed by atoms with Crippen molar-refractivity contribution in [2.45, 2.75) is 31.7 Å². The summed E-state index contributed by atoms with van der Waals surface area (Å²) in [5.41, 5.74) is 0.886. The van der Waals surface area contributed by atoms with Crippen LogP contribution in [0.1, 0.15) is 36.2 Å². The Morgan fingerprint density at radius 1 is 1.44 bits per heavy atom. The number of carbonyl (C=O) groups is 1. The molecule has 5 heteroatoms. The van der Waals surface area contributed by atoms with E-state index in [1.807, 2.05) is 0 Å². The van der Waals surface area contributed by atoms with Gasteiger partial charge in [0.1, 0.15) is 5.69 Å². The highest BCUT2D eigenvalue weighted by Gasteiger charge is 2.21. The van der Waals surface area contributed by atoms with Gasteiger partial charge in [-0.15, -0.1) is 0 Å². The van der Waals surface area contributed by atoms with Crippen molar-refractivity contribution in [2.24, 2.45) is 0 Å². The minimum atomic E-state index is -1.02. The second-order valence-electron chi connectivity index (χ2n) is 4.58. The fourth-order valence-corrected chi connectivity index (χ4v) is 2.42. The van der Waals surface area contributed by atoms with E-state index in [0.717, 1.165) is 37.9 Å². The van der Waals surface area contributed by atoms with E-state index in [1.165, 1.54) is 6.20 Å². The van der Waals surface area contributed by atoms with Crippen LogP contribution in [-0.2, 0) is 0 Å². The van der Waals surface area contributed by atoms with Crippen molar-refractivity contribution in [1.82, 2.24) is 4.98 Å².